The summed E-state index contributed by atoms with van der Waals surface area (Å²) in [5.41, 5.74) is 3.31. The standard InChI is InChI=1S/C16H26N2/c1-4-16(5-2)10-11-18(13-16)15-8-6-14(7-9-15)12-17-3/h6-9,17H,4-5,10-13H2,1-3H3. The summed E-state index contributed by atoms with van der Waals surface area (Å²) in [7, 11) is 1.99. The highest BCUT2D eigenvalue weighted by Gasteiger charge is 2.34. The maximum absolute atomic E-state index is 3.19. The van der Waals surface area contributed by atoms with Crippen LogP contribution in [-0.2, 0) is 6.54 Å². The van der Waals surface area contributed by atoms with Gasteiger partial charge < -0.3 is 10.2 Å². The van der Waals surface area contributed by atoms with Gasteiger partial charge in [-0.05, 0) is 49.4 Å². The van der Waals surface area contributed by atoms with E-state index < -0.39 is 0 Å². The summed E-state index contributed by atoms with van der Waals surface area (Å²) in [6.45, 7) is 8.07. The molecule has 1 fully saturated rings. The van der Waals surface area contributed by atoms with Gasteiger partial charge in [-0.1, -0.05) is 26.0 Å². The number of rotatable bonds is 5. The lowest BCUT2D eigenvalue weighted by molar-refractivity contribution is 0.301. The molecule has 0 aromatic heterocycles. The summed E-state index contributed by atoms with van der Waals surface area (Å²) in [5, 5.41) is 3.19. The van der Waals surface area contributed by atoms with Crippen molar-refractivity contribution in [2.75, 3.05) is 25.0 Å². The van der Waals surface area contributed by atoms with Crippen LogP contribution in [0.2, 0.25) is 0 Å². The topological polar surface area (TPSA) is 15.3 Å². The van der Waals surface area contributed by atoms with Gasteiger partial charge in [-0.3, -0.25) is 0 Å². The minimum atomic E-state index is 0.559. The quantitative estimate of drug-likeness (QED) is 0.856. The fourth-order valence-electron chi connectivity index (χ4n) is 3.01. The van der Waals surface area contributed by atoms with Gasteiger partial charge in [0.1, 0.15) is 0 Å². The zero-order valence-corrected chi connectivity index (χ0v) is 12.0. The van der Waals surface area contributed by atoms with Crippen LogP contribution in [0.15, 0.2) is 24.3 Å². The number of anilines is 1. The molecule has 100 valence electrons. The lowest BCUT2D eigenvalue weighted by Gasteiger charge is -2.27. The monoisotopic (exact) mass is 246 g/mol. The van der Waals surface area contributed by atoms with Crippen LogP contribution in [0.1, 0.15) is 38.7 Å². The van der Waals surface area contributed by atoms with Gasteiger partial charge in [0.25, 0.3) is 0 Å². The fourth-order valence-corrected chi connectivity index (χ4v) is 3.01. The van der Waals surface area contributed by atoms with E-state index in [1.165, 1.54) is 43.6 Å². The van der Waals surface area contributed by atoms with E-state index in [2.05, 4.69) is 48.3 Å². The molecule has 0 radical (unpaired) electrons. The Morgan fingerprint density at radius 3 is 2.33 bits per heavy atom. The highest BCUT2D eigenvalue weighted by atomic mass is 15.2. The van der Waals surface area contributed by atoms with Gasteiger partial charge in [-0.15, -0.1) is 0 Å². The van der Waals surface area contributed by atoms with E-state index in [0.717, 1.165) is 6.54 Å². The van der Waals surface area contributed by atoms with Crippen molar-refractivity contribution in [3.05, 3.63) is 29.8 Å². The van der Waals surface area contributed by atoms with Crippen LogP contribution in [0.25, 0.3) is 0 Å². The van der Waals surface area contributed by atoms with Crippen molar-refractivity contribution in [3.63, 3.8) is 0 Å². The summed E-state index contributed by atoms with van der Waals surface area (Å²) < 4.78 is 0. The predicted octanol–water partition coefficient (Wildman–Crippen LogP) is 3.42. The zero-order valence-electron chi connectivity index (χ0n) is 12.0. The van der Waals surface area contributed by atoms with Crippen molar-refractivity contribution in [3.8, 4) is 0 Å². The van der Waals surface area contributed by atoms with Crippen LogP contribution in [0.4, 0.5) is 5.69 Å². The molecule has 0 bridgehead atoms. The molecule has 1 aromatic carbocycles. The molecule has 1 heterocycles. The molecule has 0 unspecified atom stereocenters. The summed E-state index contributed by atoms with van der Waals surface area (Å²) in [6.07, 6.45) is 3.95. The molecule has 0 spiro atoms. The lowest BCUT2D eigenvalue weighted by Crippen LogP contribution is -2.26. The molecule has 1 saturated heterocycles. The third-order valence-corrected chi connectivity index (χ3v) is 4.62. The Kier molecular flexibility index (Phi) is 4.28. The van der Waals surface area contributed by atoms with Gasteiger partial charge in [-0.2, -0.15) is 0 Å². The smallest absolute Gasteiger partial charge is 0.0366 e. The number of hydrogen-bond acceptors (Lipinski definition) is 2. The molecule has 2 heteroatoms. The van der Waals surface area contributed by atoms with Crippen LogP contribution in [-0.4, -0.2) is 20.1 Å². The first-order valence-electron chi connectivity index (χ1n) is 7.21. The molecule has 1 aliphatic heterocycles. The Hall–Kier alpha value is -1.02. The minimum Gasteiger partial charge on any atom is -0.371 e. The Bertz CT molecular complexity index is 365. The fraction of sp³-hybridized carbons (Fsp3) is 0.625. The van der Waals surface area contributed by atoms with Crippen molar-refractivity contribution in [2.24, 2.45) is 5.41 Å². The van der Waals surface area contributed by atoms with Gasteiger partial charge in [0.2, 0.25) is 0 Å². The van der Waals surface area contributed by atoms with Gasteiger partial charge in [-0.25, -0.2) is 0 Å². The molecule has 0 aliphatic carbocycles. The van der Waals surface area contributed by atoms with Gasteiger partial charge in [0.15, 0.2) is 0 Å². The number of nitrogens with one attached hydrogen (secondary N) is 1. The van der Waals surface area contributed by atoms with E-state index in [0.29, 0.717) is 5.41 Å². The Morgan fingerprint density at radius 2 is 1.83 bits per heavy atom. The van der Waals surface area contributed by atoms with Crippen molar-refractivity contribution < 1.29 is 0 Å². The van der Waals surface area contributed by atoms with E-state index in [9.17, 15) is 0 Å². The molecule has 0 atom stereocenters. The summed E-state index contributed by atoms with van der Waals surface area (Å²) in [5.74, 6) is 0. The molecule has 1 aliphatic rings. The Labute approximate surface area is 111 Å². The molecular formula is C16H26N2. The average molecular weight is 246 g/mol. The van der Waals surface area contributed by atoms with Crippen LogP contribution >= 0.6 is 0 Å². The molecule has 0 amide bonds. The van der Waals surface area contributed by atoms with Gasteiger partial charge in [0, 0.05) is 25.3 Å². The average Bonchev–Trinajstić information content (AvgIpc) is 2.85. The van der Waals surface area contributed by atoms with Crippen molar-refractivity contribution in [1.82, 2.24) is 5.32 Å². The summed E-state index contributed by atoms with van der Waals surface area (Å²) in [4.78, 5) is 2.55. The van der Waals surface area contributed by atoms with Crippen LogP contribution in [0.3, 0.4) is 0 Å². The molecule has 18 heavy (non-hydrogen) atoms. The largest absolute Gasteiger partial charge is 0.371 e. The second-order valence-corrected chi connectivity index (χ2v) is 5.58. The molecule has 0 saturated carbocycles. The van der Waals surface area contributed by atoms with Crippen molar-refractivity contribution >= 4 is 5.69 Å². The molecule has 2 rings (SSSR count). The normalized spacial score (nSPS) is 18.3. The minimum absolute atomic E-state index is 0.559. The van der Waals surface area contributed by atoms with E-state index in [1.807, 2.05) is 7.05 Å². The summed E-state index contributed by atoms with van der Waals surface area (Å²) in [6, 6.07) is 9.02. The van der Waals surface area contributed by atoms with E-state index in [-0.39, 0.29) is 0 Å². The predicted molar refractivity (Wildman–Crippen MR) is 79.1 cm³/mol. The molecule has 1 aromatic rings. The van der Waals surface area contributed by atoms with Gasteiger partial charge in [0.05, 0.1) is 0 Å². The second-order valence-electron chi connectivity index (χ2n) is 5.58. The van der Waals surface area contributed by atoms with Crippen LogP contribution < -0.4 is 10.2 Å². The van der Waals surface area contributed by atoms with E-state index in [1.54, 1.807) is 0 Å². The Morgan fingerprint density at radius 1 is 1.17 bits per heavy atom. The molecule has 2 nitrogen and oxygen atoms in total. The maximum Gasteiger partial charge on any atom is 0.0366 e. The highest BCUT2D eigenvalue weighted by Crippen LogP contribution is 2.38. The van der Waals surface area contributed by atoms with E-state index >= 15 is 0 Å². The first-order valence-corrected chi connectivity index (χ1v) is 7.21. The van der Waals surface area contributed by atoms with Crippen LogP contribution in [0, 0.1) is 5.41 Å². The van der Waals surface area contributed by atoms with Crippen LogP contribution in [0.5, 0.6) is 0 Å². The third-order valence-electron chi connectivity index (χ3n) is 4.62. The van der Waals surface area contributed by atoms with Crippen molar-refractivity contribution in [1.29, 1.82) is 0 Å². The number of nitrogens with zero attached hydrogens (tertiary/aromatic N) is 1. The Balaban J connectivity index is 2.05. The van der Waals surface area contributed by atoms with Gasteiger partial charge >= 0.3 is 0 Å². The number of benzene rings is 1. The molecule has 1 N–H and O–H groups in total. The first kappa shape index (κ1) is 13.4. The summed E-state index contributed by atoms with van der Waals surface area (Å²) >= 11 is 0. The third kappa shape index (κ3) is 2.69. The molecular weight excluding hydrogens is 220 g/mol. The first-order chi connectivity index (χ1) is 8.73. The number of hydrogen-bond donors (Lipinski definition) is 1. The van der Waals surface area contributed by atoms with E-state index in [4.69, 9.17) is 0 Å². The zero-order chi connectivity index (χ0) is 13.0. The SMILES string of the molecule is CCC1(CC)CCN(c2ccc(CNC)cc2)C1. The maximum atomic E-state index is 3.19. The highest BCUT2D eigenvalue weighted by molar-refractivity contribution is 5.49. The van der Waals surface area contributed by atoms with Crippen molar-refractivity contribution in [2.45, 2.75) is 39.7 Å². The second kappa shape index (κ2) is 5.75. The lowest BCUT2D eigenvalue weighted by atomic mass is 9.82.